The third-order valence-corrected chi connectivity index (χ3v) is 4.66. The molecule has 1 aromatic heterocycles. The molecule has 1 aromatic carbocycles. The number of halogens is 3. The van der Waals surface area contributed by atoms with E-state index in [2.05, 4.69) is 26.3 Å². The average Bonchev–Trinajstić information content (AvgIpc) is 2.62. The van der Waals surface area contributed by atoms with Crippen molar-refractivity contribution in [3.63, 3.8) is 0 Å². The quantitative estimate of drug-likeness (QED) is 0.861. The topological polar surface area (TPSA) is 29.9 Å². The molecule has 0 aliphatic heterocycles. The highest BCUT2D eigenvalue weighted by atomic mass is 79.9. The summed E-state index contributed by atoms with van der Waals surface area (Å²) in [7, 11) is 3.82. The maximum atomic E-state index is 6.33. The first kappa shape index (κ1) is 15.8. The van der Waals surface area contributed by atoms with Crippen LogP contribution in [0.15, 0.2) is 22.7 Å². The van der Waals surface area contributed by atoms with Crippen LogP contribution in [-0.4, -0.2) is 16.8 Å². The Morgan fingerprint density at radius 1 is 1.40 bits per heavy atom. The number of hydrogen-bond acceptors (Lipinski definition) is 2. The van der Waals surface area contributed by atoms with Crippen LogP contribution in [0.1, 0.15) is 23.0 Å². The molecule has 1 atom stereocenters. The molecule has 1 unspecified atom stereocenters. The molecule has 6 heteroatoms. The van der Waals surface area contributed by atoms with E-state index in [9.17, 15) is 0 Å². The molecule has 2 rings (SSSR count). The third kappa shape index (κ3) is 3.19. The van der Waals surface area contributed by atoms with Crippen molar-refractivity contribution in [2.45, 2.75) is 19.4 Å². The van der Waals surface area contributed by atoms with Gasteiger partial charge in [0, 0.05) is 29.0 Å². The van der Waals surface area contributed by atoms with Gasteiger partial charge in [0.05, 0.1) is 16.4 Å². The van der Waals surface area contributed by atoms with Crippen LogP contribution in [0.4, 0.5) is 0 Å². The first-order valence-electron chi connectivity index (χ1n) is 6.24. The van der Waals surface area contributed by atoms with Crippen LogP contribution in [0.3, 0.4) is 0 Å². The van der Waals surface area contributed by atoms with Gasteiger partial charge in [-0.1, -0.05) is 45.2 Å². The Balaban J connectivity index is 2.33. The predicted molar refractivity (Wildman–Crippen MR) is 87.6 cm³/mol. The molecule has 0 saturated heterocycles. The van der Waals surface area contributed by atoms with Gasteiger partial charge < -0.3 is 5.32 Å². The van der Waals surface area contributed by atoms with Crippen molar-refractivity contribution < 1.29 is 0 Å². The van der Waals surface area contributed by atoms with Gasteiger partial charge in [0.25, 0.3) is 0 Å². The highest BCUT2D eigenvalue weighted by Crippen LogP contribution is 2.30. The molecule has 0 aliphatic rings. The van der Waals surface area contributed by atoms with Crippen LogP contribution in [-0.2, 0) is 13.5 Å². The monoisotopic (exact) mass is 375 g/mol. The van der Waals surface area contributed by atoms with Gasteiger partial charge in [0.1, 0.15) is 0 Å². The zero-order chi connectivity index (χ0) is 14.9. The highest BCUT2D eigenvalue weighted by Gasteiger charge is 2.19. The van der Waals surface area contributed by atoms with Crippen molar-refractivity contribution in [2.75, 3.05) is 7.05 Å². The summed E-state index contributed by atoms with van der Waals surface area (Å²) in [6.07, 6.45) is 0.730. The molecule has 1 heterocycles. The van der Waals surface area contributed by atoms with Crippen molar-refractivity contribution in [2.24, 2.45) is 7.05 Å². The summed E-state index contributed by atoms with van der Waals surface area (Å²) in [6, 6.07) is 5.99. The molecular formula is C14H16BrCl2N3. The lowest BCUT2D eigenvalue weighted by Gasteiger charge is -2.18. The zero-order valence-electron chi connectivity index (χ0n) is 11.5. The number of likely N-dealkylation sites (N-methyl/N-ethyl adjacent to an activating group) is 1. The fourth-order valence-electron chi connectivity index (χ4n) is 2.25. The molecule has 0 amide bonds. The van der Waals surface area contributed by atoms with E-state index in [1.165, 1.54) is 0 Å². The Bertz CT molecular complexity index is 625. The first-order chi connectivity index (χ1) is 9.43. The molecule has 0 bridgehead atoms. The fraction of sp³-hybridized carbons (Fsp3) is 0.357. The molecule has 0 aliphatic carbocycles. The van der Waals surface area contributed by atoms with Crippen molar-refractivity contribution in [1.82, 2.24) is 15.1 Å². The largest absolute Gasteiger partial charge is 0.313 e. The van der Waals surface area contributed by atoms with Gasteiger partial charge >= 0.3 is 0 Å². The lowest BCUT2D eigenvalue weighted by molar-refractivity contribution is 0.561. The second-order valence-corrected chi connectivity index (χ2v) is 6.38. The highest BCUT2D eigenvalue weighted by molar-refractivity contribution is 9.10. The van der Waals surface area contributed by atoms with E-state index in [0.717, 1.165) is 37.9 Å². The number of aromatic nitrogens is 2. The lowest BCUT2D eigenvalue weighted by atomic mass is 10.0. The van der Waals surface area contributed by atoms with Gasteiger partial charge in [-0.25, -0.2) is 0 Å². The second-order valence-electron chi connectivity index (χ2n) is 4.68. The maximum Gasteiger partial charge on any atom is 0.0847 e. The maximum absolute atomic E-state index is 6.33. The van der Waals surface area contributed by atoms with Crippen LogP contribution < -0.4 is 5.32 Å². The van der Waals surface area contributed by atoms with Crippen molar-refractivity contribution >= 4 is 39.1 Å². The van der Waals surface area contributed by atoms with Gasteiger partial charge in [-0.15, -0.1) is 0 Å². The van der Waals surface area contributed by atoms with Gasteiger partial charge in [0.2, 0.25) is 0 Å². The average molecular weight is 377 g/mol. The first-order valence-corrected chi connectivity index (χ1v) is 7.79. The number of hydrogen-bond donors (Lipinski definition) is 1. The second kappa shape index (κ2) is 6.48. The number of benzene rings is 1. The van der Waals surface area contributed by atoms with E-state index in [-0.39, 0.29) is 6.04 Å². The van der Waals surface area contributed by atoms with Crippen molar-refractivity contribution in [1.29, 1.82) is 0 Å². The molecule has 0 spiro atoms. The zero-order valence-corrected chi connectivity index (χ0v) is 14.6. The molecule has 0 saturated carbocycles. The minimum absolute atomic E-state index is 0.0860. The van der Waals surface area contributed by atoms with Crippen LogP contribution in [0.5, 0.6) is 0 Å². The Morgan fingerprint density at radius 3 is 2.60 bits per heavy atom. The Kier molecular flexibility index (Phi) is 5.13. The van der Waals surface area contributed by atoms with Crippen LogP contribution in [0, 0.1) is 6.92 Å². The Hall–Kier alpha value is -0.550. The smallest absolute Gasteiger partial charge is 0.0847 e. The van der Waals surface area contributed by atoms with Crippen molar-refractivity contribution in [3.8, 4) is 0 Å². The summed E-state index contributed by atoms with van der Waals surface area (Å²) >= 11 is 16.1. The molecule has 2 aromatic rings. The van der Waals surface area contributed by atoms with Crippen LogP contribution in [0.2, 0.25) is 10.0 Å². The summed E-state index contributed by atoms with van der Waals surface area (Å²) in [5.41, 5.74) is 2.90. The number of rotatable bonds is 4. The van der Waals surface area contributed by atoms with Gasteiger partial charge in [0.15, 0.2) is 0 Å². The minimum Gasteiger partial charge on any atom is -0.313 e. The number of aryl methyl sites for hydroxylation is 2. The Morgan fingerprint density at radius 2 is 2.10 bits per heavy atom. The number of nitrogens with zero attached hydrogens (tertiary/aromatic N) is 2. The summed E-state index contributed by atoms with van der Waals surface area (Å²) in [4.78, 5) is 0. The molecule has 3 nitrogen and oxygen atoms in total. The molecule has 0 radical (unpaired) electrons. The summed E-state index contributed by atoms with van der Waals surface area (Å²) in [6.45, 7) is 1.91. The van der Waals surface area contributed by atoms with E-state index < -0.39 is 0 Å². The summed E-state index contributed by atoms with van der Waals surface area (Å²) in [5, 5.41) is 9.09. The molecule has 0 fully saturated rings. The lowest BCUT2D eigenvalue weighted by Crippen LogP contribution is -2.20. The normalized spacial score (nSPS) is 12.7. The van der Waals surface area contributed by atoms with Crippen LogP contribution >= 0.6 is 39.1 Å². The summed E-state index contributed by atoms with van der Waals surface area (Å²) in [5.74, 6) is 0. The molecule has 108 valence electrons. The Labute approximate surface area is 137 Å². The third-order valence-electron chi connectivity index (χ3n) is 3.35. The van der Waals surface area contributed by atoms with E-state index in [0.29, 0.717) is 0 Å². The number of nitrogens with one attached hydrogen (secondary N) is 1. The fourth-order valence-corrected chi connectivity index (χ4v) is 3.29. The summed E-state index contributed by atoms with van der Waals surface area (Å²) < 4.78 is 2.80. The van der Waals surface area contributed by atoms with E-state index in [1.54, 1.807) is 0 Å². The van der Waals surface area contributed by atoms with E-state index >= 15 is 0 Å². The molecular weight excluding hydrogens is 361 g/mol. The molecule has 1 N–H and O–H groups in total. The van der Waals surface area contributed by atoms with Gasteiger partial charge in [-0.2, -0.15) is 5.10 Å². The van der Waals surface area contributed by atoms with Gasteiger partial charge in [-0.05, 0) is 31.7 Å². The predicted octanol–water partition coefficient (Wildman–Crippen LogP) is 4.30. The van der Waals surface area contributed by atoms with Crippen molar-refractivity contribution in [3.05, 3.63) is 49.7 Å². The minimum atomic E-state index is 0.0860. The van der Waals surface area contributed by atoms with Gasteiger partial charge in [-0.3, -0.25) is 4.68 Å². The van der Waals surface area contributed by atoms with E-state index in [4.69, 9.17) is 23.2 Å². The molecule has 20 heavy (non-hydrogen) atoms. The standard InChI is InChI=1S/C14H16BrCl2N3/c1-8-14(17)13(20(3)19-8)7-12(18-2)10-5-4-9(15)6-11(10)16/h4-6,12,18H,7H2,1-3H3. The SMILES string of the molecule is CNC(Cc1c(Cl)c(C)nn1C)c1ccc(Br)cc1Cl. The van der Waals surface area contributed by atoms with E-state index in [1.807, 2.05) is 43.9 Å². The van der Waals surface area contributed by atoms with Crippen LogP contribution in [0.25, 0.3) is 0 Å².